The zero-order chi connectivity index (χ0) is 30.7. The van der Waals surface area contributed by atoms with Crippen molar-refractivity contribution in [3.8, 4) is 0 Å². The van der Waals surface area contributed by atoms with Crippen LogP contribution < -0.4 is 5.32 Å². The molecule has 4 rings (SSSR count). The van der Waals surface area contributed by atoms with Gasteiger partial charge in [0.1, 0.15) is 18.2 Å². The minimum absolute atomic E-state index is 0.165. The van der Waals surface area contributed by atoms with E-state index in [1.165, 1.54) is 0 Å². The molecule has 1 N–H and O–H groups in total. The number of carbonyl (C=O) groups is 2. The van der Waals surface area contributed by atoms with Gasteiger partial charge in [-0.2, -0.15) is 0 Å². The Kier molecular flexibility index (Phi) is 11.7. The Hall–Kier alpha value is -3.78. The van der Waals surface area contributed by atoms with Gasteiger partial charge in [-0.15, -0.1) is 6.58 Å². The number of hydrogen-bond acceptors (Lipinski definition) is 5. The van der Waals surface area contributed by atoms with E-state index in [9.17, 15) is 9.59 Å². The molecule has 1 aliphatic rings. The van der Waals surface area contributed by atoms with Crippen molar-refractivity contribution in [2.45, 2.75) is 83.3 Å². The fraction of sp³-hybridized carbons (Fsp3) is 0.389. The number of amides is 2. The molecule has 1 saturated heterocycles. The van der Waals surface area contributed by atoms with Crippen molar-refractivity contribution in [3.63, 3.8) is 0 Å². The maximum atomic E-state index is 14.0. The predicted molar refractivity (Wildman–Crippen MR) is 168 cm³/mol. The first kappa shape index (κ1) is 32.1. The summed E-state index contributed by atoms with van der Waals surface area (Å²) in [6, 6.07) is 28.1. The van der Waals surface area contributed by atoms with Gasteiger partial charge < -0.3 is 24.4 Å². The number of nitrogens with one attached hydrogen (secondary N) is 1. The van der Waals surface area contributed by atoms with E-state index in [1.807, 2.05) is 112 Å². The molecule has 0 saturated carbocycles. The first-order valence-corrected chi connectivity index (χ1v) is 14.9. The lowest BCUT2D eigenvalue weighted by Crippen LogP contribution is -2.56. The lowest BCUT2D eigenvalue weighted by Gasteiger charge is -2.32. The molecular formula is C36H44N2O5. The van der Waals surface area contributed by atoms with Gasteiger partial charge in [-0.1, -0.05) is 97.1 Å². The molecular weight excluding hydrogens is 540 g/mol. The average molecular weight is 585 g/mol. The van der Waals surface area contributed by atoms with Crippen molar-refractivity contribution in [1.29, 1.82) is 0 Å². The van der Waals surface area contributed by atoms with Crippen molar-refractivity contribution in [2.24, 2.45) is 0 Å². The van der Waals surface area contributed by atoms with E-state index in [2.05, 4.69) is 11.9 Å². The number of carbonyl (C=O) groups excluding carboxylic acids is 2. The monoisotopic (exact) mass is 584 g/mol. The fourth-order valence-corrected chi connectivity index (χ4v) is 5.31. The molecule has 1 fully saturated rings. The quantitative estimate of drug-likeness (QED) is 0.241. The van der Waals surface area contributed by atoms with Crippen LogP contribution in [-0.2, 0) is 43.6 Å². The highest BCUT2D eigenvalue weighted by Crippen LogP contribution is 2.33. The van der Waals surface area contributed by atoms with Gasteiger partial charge in [0.2, 0.25) is 11.8 Å². The molecule has 43 heavy (non-hydrogen) atoms. The molecule has 0 bridgehead atoms. The van der Waals surface area contributed by atoms with Crippen LogP contribution in [0.5, 0.6) is 0 Å². The van der Waals surface area contributed by atoms with E-state index in [0.29, 0.717) is 19.6 Å². The van der Waals surface area contributed by atoms with Crippen LogP contribution in [0.1, 0.15) is 50.3 Å². The topological polar surface area (TPSA) is 77.1 Å². The molecule has 3 aromatic carbocycles. The molecule has 1 heterocycles. The van der Waals surface area contributed by atoms with Gasteiger partial charge in [-0.3, -0.25) is 9.59 Å². The Morgan fingerprint density at radius 1 is 0.791 bits per heavy atom. The molecule has 3 aromatic rings. The minimum atomic E-state index is -0.911. The summed E-state index contributed by atoms with van der Waals surface area (Å²) in [5, 5.41) is 3.10. The van der Waals surface area contributed by atoms with E-state index in [0.717, 1.165) is 16.7 Å². The molecule has 0 radical (unpaired) electrons. The van der Waals surface area contributed by atoms with Crippen molar-refractivity contribution < 1.29 is 23.8 Å². The van der Waals surface area contributed by atoms with Crippen molar-refractivity contribution in [2.75, 3.05) is 6.61 Å². The molecule has 4 atom stereocenters. The molecule has 0 spiro atoms. The Balaban J connectivity index is 1.70. The largest absolute Gasteiger partial charge is 0.375 e. The molecule has 0 aromatic heterocycles. The van der Waals surface area contributed by atoms with E-state index < -0.39 is 29.8 Å². The number of hydrogen-bond donors (Lipinski definition) is 1. The first-order valence-electron chi connectivity index (χ1n) is 14.9. The van der Waals surface area contributed by atoms with Crippen LogP contribution in [0.3, 0.4) is 0 Å². The van der Waals surface area contributed by atoms with E-state index in [-0.39, 0.29) is 31.4 Å². The van der Waals surface area contributed by atoms with E-state index in [1.54, 1.807) is 11.0 Å². The second-order valence-electron chi connectivity index (χ2n) is 11.9. The summed E-state index contributed by atoms with van der Waals surface area (Å²) in [5.74, 6) is -0.447. The molecule has 2 amide bonds. The van der Waals surface area contributed by atoms with Gasteiger partial charge in [0.05, 0.1) is 32.5 Å². The van der Waals surface area contributed by atoms with Gasteiger partial charge in [-0.25, -0.2) is 0 Å². The number of rotatable bonds is 14. The standard InChI is InChI=1S/C36H44N2O5/c1-5-6-22-31(39)38-30(26-41-23-27-16-10-7-11-17-27)33(42-24-28-18-12-8-13-19-28)34(32(38)35(40)37-36(2,3)4)43-25-29-20-14-9-15-21-29/h5,7-21,30,32-34H,1,6,22-26H2,2-4H3,(H,37,40)/t30-,32-,33+,34+/m1/s1. The van der Waals surface area contributed by atoms with Gasteiger partial charge in [0, 0.05) is 12.0 Å². The first-order chi connectivity index (χ1) is 20.8. The maximum absolute atomic E-state index is 14.0. The summed E-state index contributed by atoms with van der Waals surface area (Å²) in [5.41, 5.74) is 2.46. The summed E-state index contributed by atoms with van der Waals surface area (Å²) in [7, 11) is 0. The molecule has 1 aliphatic heterocycles. The molecule has 228 valence electrons. The Labute approximate surface area is 255 Å². The smallest absolute Gasteiger partial charge is 0.246 e. The summed E-state index contributed by atoms with van der Waals surface area (Å²) in [6.07, 6.45) is 1.07. The van der Waals surface area contributed by atoms with Crippen LogP contribution in [-0.4, -0.2) is 53.2 Å². The van der Waals surface area contributed by atoms with Gasteiger partial charge in [-0.05, 0) is 43.9 Å². The number of ether oxygens (including phenoxy) is 3. The fourth-order valence-electron chi connectivity index (χ4n) is 5.31. The highest BCUT2D eigenvalue weighted by molar-refractivity contribution is 5.90. The maximum Gasteiger partial charge on any atom is 0.246 e. The second kappa shape index (κ2) is 15.6. The highest BCUT2D eigenvalue weighted by atomic mass is 16.5. The van der Waals surface area contributed by atoms with Crippen molar-refractivity contribution in [3.05, 3.63) is 120 Å². The Morgan fingerprint density at radius 2 is 1.28 bits per heavy atom. The number of allylic oxidation sites excluding steroid dienone is 1. The Bertz CT molecular complexity index is 1290. The van der Waals surface area contributed by atoms with Crippen LogP contribution in [0.4, 0.5) is 0 Å². The van der Waals surface area contributed by atoms with Crippen LogP contribution in [0, 0.1) is 0 Å². The minimum Gasteiger partial charge on any atom is -0.375 e. The zero-order valence-corrected chi connectivity index (χ0v) is 25.5. The second-order valence-corrected chi connectivity index (χ2v) is 11.9. The zero-order valence-electron chi connectivity index (χ0n) is 25.5. The summed E-state index contributed by atoms with van der Waals surface area (Å²) in [4.78, 5) is 29.6. The van der Waals surface area contributed by atoms with Gasteiger partial charge in [0.15, 0.2) is 0 Å². The van der Waals surface area contributed by atoms with Gasteiger partial charge in [0.25, 0.3) is 0 Å². The van der Waals surface area contributed by atoms with Crippen molar-refractivity contribution in [1.82, 2.24) is 10.2 Å². The SMILES string of the molecule is C=CCCC(=O)N1[C@H](COCc2ccccc2)[C@H](OCc2ccccc2)[C@@H](OCc2ccccc2)[C@@H]1C(=O)NC(C)(C)C. The summed E-state index contributed by atoms with van der Waals surface area (Å²) in [6.45, 7) is 10.7. The van der Waals surface area contributed by atoms with Gasteiger partial charge >= 0.3 is 0 Å². The average Bonchev–Trinajstić information content (AvgIpc) is 3.31. The molecule has 0 unspecified atom stereocenters. The van der Waals surface area contributed by atoms with E-state index in [4.69, 9.17) is 14.2 Å². The molecule has 7 nitrogen and oxygen atoms in total. The third-order valence-electron chi connectivity index (χ3n) is 7.26. The number of nitrogens with zero attached hydrogens (tertiary/aromatic N) is 1. The van der Waals surface area contributed by atoms with Crippen LogP contribution in [0.2, 0.25) is 0 Å². The lowest BCUT2D eigenvalue weighted by molar-refractivity contribution is -0.145. The van der Waals surface area contributed by atoms with Crippen LogP contribution in [0.15, 0.2) is 104 Å². The lowest BCUT2D eigenvalue weighted by atomic mass is 10.0. The summed E-state index contributed by atoms with van der Waals surface area (Å²) >= 11 is 0. The Morgan fingerprint density at radius 3 is 1.77 bits per heavy atom. The molecule has 7 heteroatoms. The van der Waals surface area contributed by atoms with Crippen LogP contribution in [0.25, 0.3) is 0 Å². The van der Waals surface area contributed by atoms with Crippen LogP contribution >= 0.6 is 0 Å². The third kappa shape index (κ3) is 9.35. The highest BCUT2D eigenvalue weighted by Gasteiger charge is 2.55. The summed E-state index contributed by atoms with van der Waals surface area (Å²) < 4.78 is 19.4. The molecule has 0 aliphatic carbocycles. The number of likely N-dealkylation sites (tertiary alicyclic amines) is 1. The predicted octanol–water partition coefficient (Wildman–Crippen LogP) is 5.83. The van der Waals surface area contributed by atoms with Crippen molar-refractivity contribution >= 4 is 11.8 Å². The third-order valence-corrected chi connectivity index (χ3v) is 7.26. The van der Waals surface area contributed by atoms with E-state index >= 15 is 0 Å². The number of benzene rings is 3. The normalized spacial score (nSPS) is 20.1.